The summed E-state index contributed by atoms with van der Waals surface area (Å²) in [4.78, 5) is 0. The van der Waals surface area contributed by atoms with E-state index in [1.807, 2.05) is 24.3 Å². The van der Waals surface area contributed by atoms with E-state index in [1.165, 1.54) is 19.2 Å². The second kappa shape index (κ2) is 5.94. The fourth-order valence-corrected chi connectivity index (χ4v) is 3.26. The molecule has 0 amide bonds. The minimum Gasteiger partial charge on any atom is -0.411 e. The molecule has 0 fully saturated rings. The van der Waals surface area contributed by atoms with E-state index in [9.17, 15) is 18.4 Å². The van der Waals surface area contributed by atoms with Crippen molar-refractivity contribution in [2.75, 3.05) is 7.11 Å². The van der Waals surface area contributed by atoms with Gasteiger partial charge in [0.15, 0.2) is 0 Å². The summed E-state index contributed by atoms with van der Waals surface area (Å²) in [6.45, 7) is 0. The summed E-state index contributed by atoms with van der Waals surface area (Å²) in [7, 11) is 1.51. The van der Waals surface area contributed by atoms with E-state index < -0.39 is 17.3 Å². The van der Waals surface area contributed by atoms with Crippen molar-refractivity contribution >= 4 is 5.71 Å². The molecule has 0 aliphatic heterocycles. The monoisotopic (exact) mass is 335 g/mol. The Balaban J connectivity index is 1.99. The summed E-state index contributed by atoms with van der Waals surface area (Å²) in [5, 5.41) is 12.8. The Labute approximate surface area is 137 Å². The highest BCUT2D eigenvalue weighted by atomic mass is 19.4. The summed E-state index contributed by atoms with van der Waals surface area (Å²) < 4.78 is 43.8. The lowest BCUT2D eigenvalue weighted by Crippen LogP contribution is -2.37. The van der Waals surface area contributed by atoms with E-state index in [2.05, 4.69) is 5.16 Å². The Morgan fingerprint density at radius 1 is 1.12 bits per heavy atom. The number of hydrogen-bond acceptors (Lipinski definition) is 3. The van der Waals surface area contributed by atoms with Crippen LogP contribution in [0.1, 0.15) is 22.3 Å². The fourth-order valence-electron chi connectivity index (χ4n) is 3.26. The Morgan fingerprint density at radius 2 is 1.79 bits per heavy atom. The first-order valence-corrected chi connectivity index (χ1v) is 7.42. The zero-order valence-corrected chi connectivity index (χ0v) is 13.0. The van der Waals surface area contributed by atoms with Crippen LogP contribution in [0.15, 0.2) is 53.7 Å². The van der Waals surface area contributed by atoms with Gasteiger partial charge in [0, 0.05) is 20.0 Å². The number of alkyl halides is 3. The van der Waals surface area contributed by atoms with E-state index in [0.29, 0.717) is 17.7 Å². The highest BCUT2D eigenvalue weighted by molar-refractivity contribution is 5.99. The van der Waals surface area contributed by atoms with E-state index in [0.717, 1.165) is 23.3 Å². The number of rotatable bonds is 3. The standard InChI is InChI=1S/C18H16F3NO2/c1-24-17(11-12-6-8-14(9-7-12)18(19,20)21)15-5-3-2-4-13(15)10-16(17)22-23/h2-9,23H,10-11H2,1H3/b22-16+. The molecule has 0 radical (unpaired) electrons. The molecule has 3 rings (SSSR count). The molecule has 1 N–H and O–H groups in total. The van der Waals surface area contributed by atoms with Gasteiger partial charge in [-0.2, -0.15) is 13.2 Å². The molecule has 0 saturated heterocycles. The molecular weight excluding hydrogens is 319 g/mol. The largest absolute Gasteiger partial charge is 0.416 e. The van der Waals surface area contributed by atoms with Crippen molar-refractivity contribution in [3.05, 3.63) is 70.8 Å². The molecule has 1 atom stereocenters. The van der Waals surface area contributed by atoms with Gasteiger partial charge in [0.05, 0.1) is 11.3 Å². The van der Waals surface area contributed by atoms with Crippen LogP contribution in [0.4, 0.5) is 13.2 Å². The van der Waals surface area contributed by atoms with Crippen LogP contribution in [-0.2, 0) is 29.4 Å². The molecule has 2 aromatic carbocycles. The molecule has 1 aliphatic carbocycles. The number of methoxy groups -OCH3 is 1. The summed E-state index contributed by atoms with van der Waals surface area (Å²) in [5.74, 6) is 0. The normalized spacial score (nSPS) is 21.9. The summed E-state index contributed by atoms with van der Waals surface area (Å²) in [6.07, 6.45) is -3.63. The highest BCUT2D eigenvalue weighted by Crippen LogP contribution is 2.40. The topological polar surface area (TPSA) is 41.8 Å². The van der Waals surface area contributed by atoms with Crippen LogP contribution in [0.25, 0.3) is 0 Å². The van der Waals surface area contributed by atoms with Gasteiger partial charge in [-0.15, -0.1) is 0 Å². The lowest BCUT2D eigenvalue weighted by Gasteiger charge is -2.29. The van der Waals surface area contributed by atoms with Crippen LogP contribution in [0.3, 0.4) is 0 Å². The molecule has 1 unspecified atom stereocenters. The number of nitrogens with zero attached hydrogens (tertiary/aromatic N) is 1. The number of halogens is 3. The average Bonchev–Trinajstić information content (AvgIpc) is 2.89. The van der Waals surface area contributed by atoms with Crippen molar-refractivity contribution in [2.24, 2.45) is 5.16 Å². The SMILES string of the molecule is COC1(Cc2ccc(C(F)(F)F)cc2)/C(=N/O)Cc2ccccc21. The summed E-state index contributed by atoms with van der Waals surface area (Å²) in [5.41, 5.74) is 1.32. The molecule has 24 heavy (non-hydrogen) atoms. The molecule has 6 heteroatoms. The number of ether oxygens (including phenoxy) is 1. The molecule has 2 aromatic rings. The minimum atomic E-state index is -4.37. The molecule has 3 nitrogen and oxygen atoms in total. The van der Waals surface area contributed by atoms with Crippen molar-refractivity contribution in [2.45, 2.75) is 24.6 Å². The summed E-state index contributed by atoms with van der Waals surface area (Å²) in [6, 6.07) is 12.5. The maximum absolute atomic E-state index is 12.7. The lowest BCUT2D eigenvalue weighted by molar-refractivity contribution is -0.137. The molecule has 0 aromatic heterocycles. The lowest BCUT2D eigenvalue weighted by atomic mass is 9.87. The van der Waals surface area contributed by atoms with Crippen molar-refractivity contribution < 1.29 is 23.1 Å². The predicted octanol–water partition coefficient (Wildman–Crippen LogP) is 4.18. The number of benzene rings is 2. The van der Waals surface area contributed by atoms with Crippen LogP contribution < -0.4 is 0 Å². The van der Waals surface area contributed by atoms with E-state index in [-0.39, 0.29) is 6.42 Å². The van der Waals surface area contributed by atoms with Gasteiger partial charge in [0.1, 0.15) is 5.60 Å². The van der Waals surface area contributed by atoms with Gasteiger partial charge in [0.2, 0.25) is 0 Å². The van der Waals surface area contributed by atoms with Crippen LogP contribution in [0, 0.1) is 0 Å². The number of fused-ring (bicyclic) bond motifs is 1. The Morgan fingerprint density at radius 3 is 2.38 bits per heavy atom. The predicted molar refractivity (Wildman–Crippen MR) is 83.2 cm³/mol. The van der Waals surface area contributed by atoms with Crippen LogP contribution in [0.2, 0.25) is 0 Å². The smallest absolute Gasteiger partial charge is 0.411 e. The van der Waals surface area contributed by atoms with Crippen LogP contribution >= 0.6 is 0 Å². The van der Waals surface area contributed by atoms with Gasteiger partial charge in [-0.05, 0) is 28.8 Å². The minimum absolute atomic E-state index is 0.290. The third-order valence-corrected chi connectivity index (χ3v) is 4.48. The number of oxime groups is 1. The van der Waals surface area contributed by atoms with Gasteiger partial charge in [-0.1, -0.05) is 41.6 Å². The number of hydrogen-bond donors (Lipinski definition) is 1. The molecule has 0 saturated carbocycles. The maximum Gasteiger partial charge on any atom is 0.416 e. The Hall–Kier alpha value is -2.34. The highest BCUT2D eigenvalue weighted by Gasteiger charge is 2.45. The van der Waals surface area contributed by atoms with Crippen molar-refractivity contribution in [3.63, 3.8) is 0 Å². The Bertz CT molecular complexity index is 769. The zero-order chi connectivity index (χ0) is 17.4. The quantitative estimate of drug-likeness (QED) is 0.675. The van der Waals surface area contributed by atoms with Gasteiger partial charge in [0.25, 0.3) is 0 Å². The third kappa shape index (κ3) is 2.67. The van der Waals surface area contributed by atoms with Crippen molar-refractivity contribution in [3.8, 4) is 0 Å². The molecule has 1 aliphatic rings. The van der Waals surface area contributed by atoms with E-state index in [1.54, 1.807) is 0 Å². The first kappa shape index (κ1) is 16.5. The average molecular weight is 335 g/mol. The Kier molecular flexibility index (Phi) is 4.09. The molecular formula is C18H16F3NO2. The molecule has 0 spiro atoms. The summed E-state index contributed by atoms with van der Waals surface area (Å²) >= 11 is 0. The van der Waals surface area contributed by atoms with Crippen LogP contribution in [0.5, 0.6) is 0 Å². The molecule has 0 bridgehead atoms. The molecule has 0 heterocycles. The second-order valence-electron chi connectivity index (χ2n) is 5.78. The second-order valence-corrected chi connectivity index (χ2v) is 5.78. The van der Waals surface area contributed by atoms with Gasteiger partial charge < -0.3 is 9.94 Å². The van der Waals surface area contributed by atoms with E-state index in [4.69, 9.17) is 4.74 Å². The zero-order valence-electron chi connectivity index (χ0n) is 13.0. The first-order chi connectivity index (χ1) is 11.4. The maximum atomic E-state index is 12.7. The van der Waals surface area contributed by atoms with E-state index >= 15 is 0 Å². The van der Waals surface area contributed by atoms with Crippen LogP contribution in [-0.4, -0.2) is 18.0 Å². The fraction of sp³-hybridized carbons (Fsp3) is 0.278. The van der Waals surface area contributed by atoms with Crippen molar-refractivity contribution in [1.29, 1.82) is 0 Å². The van der Waals surface area contributed by atoms with Crippen molar-refractivity contribution in [1.82, 2.24) is 0 Å². The van der Waals surface area contributed by atoms with Gasteiger partial charge in [-0.3, -0.25) is 0 Å². The van der Waals surface area contributed by atoms with Gasteiger partial charge in [-0.25, -0.2) is 0 Å². The molecule has 126 valence electrons. The van der Waals surface area contributed by atoms with Gasteiger partial charge >= 0.3 is 6.18 Å². The third-order valence-electron chi connectivity index (χ3n) is 4.48. The first-order valence-electron chi connectivity index (χ1n) is 7.42.